The number of carbonyl (C=O) groups excluding carboxylic acids is 1. The van der Waals surface area contributed by atoms with E-state index in [1.54, 1.807) is 6.20 Å². The van der Waals surface area contributed by atoms with Crippen LogP contribution in [0.25, 0.3) is 0 Å². The Bertz CT molecular complexity index is 453. The highest BCUT2D eigenvalue weighted by Crippen LogP contribution is 2.23. The number of hydrogen-bond donors (Lipinski definition) is 2. The highest BCUT2D eigenvalue weighted by atomic mass is 16.1. The molecule has 4 nitrogen and oxygen atoms in total. The Balaban J connectivity index is 2.02. The average Bonchev–Trinajstić information content (AvgIpc) is 2.89. The lowest BCUT2D eigenvalue weighted by Crippen LogP contribution is -2.36. The first-order valence-electron chi connectivity index (χ1n) is 7.52. The van der Waals surface area contributed by atoms with E-state index in [9.17, 15) is 4.79 Å². The third-order valence-electron chi connectivity index (χ3n) is 3.92. The molecule has 2 atom stereocenters. The van der Waals surface area contributed by atoms with Crippen LogP contribution in [-0.4, -0.2) is 23.5 Å². The van der Waals surface area contributed by atoms with Crippen molar-refractivity contribution >= 4 is 5.91 Å². The van der Waals surface area contributed by atoms with Crippen molar-refractivity contribution in [3.05, 3.63) is 29.6 Å². The molecule has 1 aromatic rings. The molecule has 0 spiro atoms. The van der Waals surface area contributed by atoms with E-state index in [1.165, 1.54) is 6.42 Å². The van der Waals surface area contributed by atoms with E-state index in [1.807, 2.05) is 19.1 Å². The first kappa shape index (κ1) is 15.0. The molecule has 0 radical (unpaired) electrons. The Labute approximate surface area is 121 Å². The van der Waals surface area contributed by atoms with Crippen LogP contribution >= 0.6 is 0 Å². The third-order valence-corrected chi connectivity index (χ3v) is 3.92. The van der Waals surface area contributed by atoms with Crippen molar-refractivity contribution in [2.45, 2.75) is 52.1 Å². The molecule has 2 N–H and O–H groups in total. The standard InChI is InChI=1S/C16H25N3O/c1-11(2)15(16-12(3)6-4-9-18-16)19-14(20)10-13-7-5-8-17-13/h4,6,9,11,13,15,17H,5,7-8,10H2,1-3H3,(H,19,20). The lowest BCUT2D eigenvalue weighted by Gasteiger charge is -2.24. The molecular formula is C16H25N3O. The Kier molecular flexibility index (Phi) is 5.12. The molecule has 2 unspecified atom stereocenters. The molecule has 110 valence electrons. The van der Waals surface area contributed by atoms with Crippen LogP contribution in [0.15, 0.2) is 18.3 Å². The molecular weight excluding hydrogens is 250 g/mol. The van der Waals surface area contributed by atoms with Crippen LogP contribution < -0.4 is 10.6 Å². The minimum atomic E-state index is -0.00916. The summed E-state index contributed by atoms with van der Waals surface area (Å²) in [6.07, 6.45) is 4.63. The van der Waals surface area contributed by atoms with Gasteiger partial charge in [-0.1, -0.05) is 19.9 Å². The molecule has 1 aliphatic rings. The molecule has 1 saturated heterocycles. The van der Waals surface area contributed by atoms with Gasteiger partial charge in [-0.15, -0.1) is 0 Å². The van der Waals surface area contributed by atoms with Crippen molar-refractivity contribution in [3.8, 4) is 0 Å². The smallest absolute Gasteiger partial charge is 0.222 e. The summed E-state index contributed by atoms with van der Waals surface area (Å²) in [5, 5.41) is 6.52. The molecule has 4 heteroatoms. The maximum absolute atomic E-state index is 12.2. The van der Waals surface area contributed by atoms with E-state index in [4.69, 9.17) is 0 Å². The third kappa shape index (κ3) is 3.79. The molecule has 1 aliphatic heterocycles. The van der Waals surface area contributed by atoms with E-state index in [0.29, 0.717) is 18.4 Å². The van der Waals surface area contributed by atoms with Crippen LogP contribution in [0, 0.1) is 12.8 Å². The van der Waals surface area contributed by atoms with E-state index < -0.39 is 0 Å². The zero-order valence-corrected chi connectivity index (χ0v) is 12.6. The predicted molar refractivity (Wildman–Crippen MR) is 80.3 cm³/mol. The molecule has 1 aromatic heterocycles. The van der Waals surface area contributed by atoms with Gasteiger partial charge in [0.15, 0.2) is 0 Å². The lowest BCUT2D eigenvalue weighted by atomic mass is 9.97. The molecule has 20 heavy (non-hydrogen) atoms. The van der Waals surface area contributed by atoms with Gasteiger partial charge in [-0.3, -0.25) is 9.78 Å². The number of aryl methyl sites for hydroxylation is 1. The number of amides is 1. The second-order valence-corrected chi connectivity index (χ2v) is 5.99. The Morgan fingerprint density at radius 1 is 1.55 bits per heavy atom. The number of nitrogens with zero attached hydrogens (tertiary/aromatic N) is 1. The normalized spacial score (nSPS) is 20.1. The van der Waals surface area contributed by atoms with Crippen molar-refractivity contribution in [1.82, 2.24) is 15.6 Å². The first-order chi connectivity index (χ1) is 9.58. The zero-order valence-electron chi connectivity index (χ0n) is 12.6. The van der Waals surface area contributed by atoms with Crippen LogP contribution in [0.5, 0.6) is 0 Å². The predicted octanol–water partition coefficient (Wildman–Crippen LogP) is 2.35. The molecule has 1 fully saturated rings. The van der Waals surface area contributed by atoms with Gasteiger partial charge < -0.3 is 10.6 Å². The summed E-state index contributed by atoms with van der Waals surface area (Å²) in [5.74, 6) is 0.442. The fraction of sp³-hybridized carbons (Fsp3) is 0.625. The summed E-state index contributed by atoms with van der Waals surface area (Å²) < 4.78 is 0. The second-order valence-electron chi connectivity index (χ2n) is 5.99. The molecule has 2 heterocycles. The Hall–Kier alpha value is -1.42. The van der Waals surface area contributed by atoms with Crippen molar-refractivity contribution in [2.75, 3.05) is 6.54 Å². The Morgan fingerprint density at radius 2 is 2.35 bits per heavy atom. The zero-order chi connectivity index (χ0) is 14.5. The van der Waals surface area contributed by atoms with E-state index in [2.05, 4.69) is 29.5 Å². The second kappa shape index (κ2) is 6.84. The summed E-state index contributed by atoms with van der Waals surface area (Å²) in [5.41, 5.74) is 2.11. The van der Waals surface area contributed by atoms with Crippen molar-refractivity contribution in [1.29, 1.82) is 0 Å². The molecule has 1 amide bonds. The fourth-order valence-corrected chi connectivity index (χ4v) is 2.76. The van der Waals surface area contributed by atoms with Gasteiger partial charge in [0.05, 0.1) is 11.7 Å². The minimum absolute atomic E-state index is 0.00916. The quantitative estimate of drug-likeness (QED) is 0.867. The van der Waals surface area contributed by atoms with Crippen LogP contribution in [-0.2, 0) is 4.79 Å². The molecule has 0 bridgehead atoms. The van der Waals surface area contributed by atoms with Crippen LogP contribution in [0.2, 0.25) is 0 Å². The largest absolute Gasteiger partial charge is 0.347 e. The summed E-state index contributed by atoms with van der Waals surface area (Å²) >= 11 is 0. The molecule has 0 aromatic carbocycles. The average molecular weight is 275 g/mol. The van der Waals surface area contributed by atoms with Crippen LogP contribution in [0.4, 0.5) is 0 Å². The molecule has 2 rings (SSSR count). The molecule has 0 saturated carbocycles. The minimum Gasteiger partial charge on any atom is -0.347 e. The highest BCUT2D eigenvalue weighted by Gasteiger charge is 2.23. The van der Waals surface area contributed by atoms with Crippen LogP contribution in [0.1, 0.15) is 50.4 Å². The number of aromatic nitrogens is 1. The van der Waals surface area contributed by atoms with Gasteiger partial charge in [0.2, 0.25) is 5.91 Å². The van der Waals surface area contributed by atoms with Gasteiger partial charge in [0, 0.05) is 18.7 Å². The maximum atomic E-state index is 12.2. The number of carbonyl (C=O) groups is 1. The van der Waals surface area contributed by atoms with Gasteiger partial charge in [-0.25, -0.2) is 0 Å². The summed E-state index contributed by atoms with van der Waals surface area (Å²) in [6.45, 7) is 7.31. The van der Waals surface area contributed by atoms with Gasteiger partial charge in [-0.2, -0.15) is 0 Å². The van der Waals surface area contributed by atoms with Crippen LogP contribution in [0.3, 0.4) is 0 Å². The Morgan fingerprint density at radius 3 is 2.95 bits per heavy atom. The van der Waals surface area contributed by atoms with Crippen molar-refractivity contribution < 1.29 is 4.79 Å². The van der Waals surface area contributed by atoms with Gasteiger partial charge in [0.1, 0.15) is 0 Å². The summed E-state index contributed by atoms with van der Waals surface area (Å²) in [7, 11) is 0. The number of pyridine rings is 1. The topological polar surface area (TPSA) is 54.0 Å². The summed E-state index contributed by atoms with van der Waals surface area (Å²) in [6, 6.07) is 4.31. The van der Waals surface area contributed by atoms with Gasteiger partial charge in [-0.05, 0) is 43.9 Å². The monoisotopic (exact) mass is 275 g/mol. The van der Waals surface area contributed by atoms with E-state index in [-0.39, 0.29) is 11.9 Å². The lowest BCUT2D eigenvalue weighted by molar-refractivity contribution is -0.122. The highest BCUT2D eigenvalue weighted by molar-refractivity contribution is 5.77. The fourth-order valence-electron chi connectivity index (χ4n) is 2.76. The van der Waals surface area contributed by atoms with Gasteiger partial charge >= 0.3 is 0 Å². The number of hydrogen-bond acceptors (Lipinski definition) is 3. The van der Waals surface area contributed by atoms with Gasteiger partial charge in [0.25, 0.3) is 0 Å². The first-order valence-corrected chi connectivity index (χ1v) is 7.52. The molecule has 0 aliphatic carbocycles. The maximum Gasteiger partial charge on any atom is 0.222 e. The van der Waals surface area contributed by atoms with E-state index >= 15 is 0 Å². The number of nitrogens with one attached hydrogen (secondary N) is 2. The number of rotatable bonds is 5. The SMILES string of the molecule is Cc1cccnc1C(NC(=O)CC1CCCN1)C(C)C. The van der Waals surface area contributed by atoms with Crippen molar-refractivity contribution in [2.24, 2.45) is 5.92 Å². The summed E-state index contributed by atoms with van der Waals surface area (Å²) in [4.78, 5) is 16.7. The van der Waals surface area contributed by atoms with E-state index in [0.717, 1.165) is 24.2 Å². The van der Waals surface area contributed by atoms with Crippen molar-refractivity contribution in [3.63, 3.8) is 0 Å².